The van der Waals surface area contributed by atoms with E-state index in [9.17, 15) is 9.59 Å². The molecule has 1 aromatic rings. The molecule has 5 aliphatic carbocycles. The Bertz CT molecular complexity index is 1110. The molecule has 0 N–H and O–H groups in total. The predicted octanol–water partition coefficient (Wildman–Crippen LogP) is 7.11. The van der Waals surface area contributed by atoms with E-state index in [-0.39, 0.29) is 16.8 Å². The van der Waals surface area contributed by atoms with Gasteiger partial charge in [0, 0.05) is 30.4 Å². The number of unbranched alkanes of at least 4 members (excludes halogenated alkanes) is 1. The summed E-state index contributed by atoms with van der Waals surface area (Å²) < 4.78 is 6.79. The lowest BCUT2D eigenvalue weighted by Gasteiger charge is -2.51. The molecule has 2 fully saturated rings. The second-order valence-electron chi connectivity index (χ2n) is 11.9. The Morgan fingerprint density at radius 3 is 2.65 bits per heavy atom. The standard InChI is InChI=1S/C31H38O3/c1-4-5-14-34-31-17-23(31)16-28-26-12-10-22-15-24(33)11-13-25(22)29(26)27(18-30(28,31)3)21-8-6-20(7-9-21)19(2)32/h6-9,23,26,28H,4-5,10-18H2,1-3H3/t23-,26-,28-,30-,31-/m0/s1. The zero-order chi connectivity index (χ0) is 23.7. The lowest BCUT2D eigenvalue weighted by atomic mass is 9.54. The normalized spacial score (nSPS) is 36.1. The molecule has 2 saturated carbocycles. The van der Waals surface area contributed by atoms with Crippen molar-refractivity contribution in [2.45, 2.75) is 90.6 Å². The van der Waals surface area contributed by atoms with Gasteiger partial charge in [-0.25, -0.2) is 0 Å². The number of carbonyl (C=O) groups is 2. The fraction of sp³-hybridized carbons (Fsp3) is 0.613. The van der Waals surface area contributed by atoms with Crippen molar-refractivity contribution in [1.82, 2.24) is 0 Å². The van der Waals surface area contributed by atoms with E-state index in [4.69, 9.17) is 4.74 Å². The van der Waals surface area contributed by atoms with Gasteiger partial charge in [0.1, 0.15) is 5.78 Å². The first-order chi connectivity index (χ1) is 16.4. The molecule has 3 nitrogen and oxygen atoms in total. The van der Waals surface area contributed by atoms with Crippen LogP contribution in [0.1, 0.15) is 101 Å². The summed E-state index contributed by atoms with van der Waals surface area (Å²) >= 11 is 0. The maximum absolute atomic E-state index is 12.3. The highest BCUT2D eigenvalue weighted by Crippen LogP contribution is 2.76. The maximum atomic E-state index is 12.3. The molecule has 5 aliphatic rings. The van der Waals surface area contributed by atoms with Crippen LogP contribution in [0.25, 0.3) is 5.57 Å². The number of hydrogen-bond donors (Lipinski definition) is 0. The van der Waals surface area contributed by atoms with Gasteiger partial charge in [0.05, 0.1) is 5.60 Å². The number of ketones is 2. The van der Waals surface area contributed by atoms with Crippen LogP contribution in [0.4, 0.5) is 0 Å². The Kier molecular flexibility index (Phi) is 5.30. The van der Waals surface area contributed by atoms with Gasteiger partial charge in [-0.3, -0.25) is 9.59 Å². The summed E-state index contributed by atoms with van der Waals surface area (Å²) in [6, 6.07) is 8.34. The molecule has 5 atom stereocenters. The zero-order valence-corrected chi connectivity index (χ0v) is 21.0. The third-order valence-electron chi connectivity index (χ3n) is 10.2. The summed E-state index contributed by atoms with van der Waals surface area (Å²) in [6.07, 6.45) is 10.4. The van der Waals surface area contributed by atoms with Crippen molar-refractivity contribution in [3.05, 3.63) is 52.1 Å². The summed E-state index contributed by atoms with van der Waals surface area (Å²) in [4.78, 5) is 24.2. The van der Waals surface area contributed by atoms with Gasteiger partial charge in [-0.15, -0.1) is 0 Å². The summed E-state index contributed by atoms with van der Waals surface area (Å²) in [5, 5.41) is 0. The van der Waals surface area contributed by atoms with E-state index >= 15 is 0 Å². The van der Waals surface area contributed by atoms with Gasteiger partial charge in [-0.05, 0) is 91.9 Å². The molecule has 0 spiro atoms. The second kappa shape index (κ2) is 8.01. The molecule has 6 rings (SSSR count). The number of Topliss-reactive ketones (excluding diaryl/α,β-unsaturated/α-hetero) is 2. The second-order valence-corrected chi connectivity index (χ2v) is 11.9. The van der Waals surface area contributed by atoms with E-state index < -0.39 is 0 Å². The van der Waals surface area contributed by atoms with E-state index in [0.29, 0.717) is 36.4 Å². The predicted molar refractivity (Wildman–Crippen MR) is 135 cm³/mol. The Balaban J connectivity index is 1.47. The minimum atomic E-state index is 0.0557. The number of carbonyl (C=O) groups excluding carboxylic acids is 2. The maximum Gasteiger partial charge on any atom is 0.159 e. The van der Waals surface area contributed by atoms with Crippen molar-refractivity contribution in [2.24, 2.45) is 23.2 Å². The number of fused-ring (bicyclic) bond motifs is 6. The van der Waals surface area contributed by atoms with Gasteiger partial charge in [0.25, 0.3) is 0 Å². The van der Waals surface area contributed by atoms with E-state index in [1.54, 1.807) is 12.5 Å². The molecular weight excluding hydrogens is 420 g/mol. The Labute approximate surface area is 204 Å². The summed E-state index contributed by atoms with van der Waals surface area (Å²) in [6.45, 7) is 7.30. The molecule has 34 heavy (non-hydrogen) atoms. The Morgan fingerprint density at radius 1 is 1.12 bits per heavy atom. The monoisotopic (exact) mass is 458 g/mol. The van der Waals surface area contributed by atoms with Gasteiger partial charge in [0.2, 0.25) is 0 Å². The van der Waals surface area contributed by atoms with Gasteiger partial charge in [0.15, 0.2) is 5.78 Å². The van der Waals surface area contributed by atoms with Gasteiger partial charge < -0.3 is 4.74 Å². The van der Waals surface area contributed by atoms with Crippen molar-refractivity contribution < 1.29 is 14.3 Å². The highest BCUT2D eigenvalue weighted by atomic mass is 16.5. The Hall–Kier alpha value is -2.00. The first kappa shape index (κ1) is 22.5. The molecule has 0 heterocycles. The molecule has 0 aliphatic heterocycles. The van der Waals surface area contributed by atoms with Gasteiger partial charge in [-0.1, -0.05) is 50.1 Å². The van der Waals surface area contributed by atoms with Gasteiger partial charge in [-0.2, -0.15) is 0 Å². The first-order valence-electron chi connectivity index (χ1n) is 13.6. The van der Waals surface area contributed by atoms with Crippen molar-refractivity contribution >= 4 is 17.1 Å². The van der Waals surface area contributed by atoms with Crippen LogP contribution in [0.5, 0.6) is 0 Å². The quantitative estimate of drug-likeness (QED) is 0.337. The van der Waals surface area contributed by atoms with Crippen molar-refractivity contribution in [1.29, 1.82) is 0 Å². The summed E-state index contributed by atoms with van der Waals surface area (Å²) in [5.74, 6) is 2.49. The topological polar surface area (TPSA) is 43.4 Å². The average Bonchev–Trinajstić information content (AvgIpc) is 3.48. The van der Waals surface area contributed by atoms with Crippen molar-refractivity contribution in [2.75, 3.05) is 6.61 Å². The minimum Gasteiger partial charge on any atom is -0.374 e. The SMILES string of the molecule is CCCCO[C@@]12C[C@@H]1C[C@H]1[C@@H]3CCC4=C(CCC(=O)C4)C3=C(c3ccc(C(C)=O)cc3)C[C@@]12C. The molecule has 0 saturated heterocycles. The number of rotatable bonds is 6. The molecule has 0 radical (unpaired) electrons. The van der Waals surface area contributed by atoms with Gasteiger partial charge >= 0.3 is 0 Å². The molecule has 3 heteroatoms. The number of hydrogen-bond acceptors (Lipinski definition) is 3. The van der Waals surface area contributed by atoms with Crippen LogP contribution in [0.2, 0.25) is 0 Å². The molecule has 0 bridgehead atoms. The van der Waals surface area contributed by atoms with Crippen LogP contribution in [-0.2, 0) is 9.53 Å². The highest BCUT2D eigenvalue weighted by molar-refractivity contribution is 5.94. The van der Waals surface area contributed by atoms with E-state index in [2.05, 4.69) is 26.0 Å². The number of allylic oxidation sites excluding steroid dienone is 4. The first-order valence-corrected chi connectivity index (χ1v) is 13.6. The fourth-order valence-electron chi connectivity index (χ4n) is 8.36. The highest BCUT2D eigenvalue weighted by Gasteiger charge is 2.75. The zero-order valence-electron chi connectivity index (χ0n) is 21.0. The number of ether oxygens (including phenoxy) is 1. The lowest BCUT2D eigenvalue weighted by molar-refractivity contribution is -0.118. The molecule has 0 unspecified atom stereocenters. The van der Waals surface area contributed by atoms with E-state index in [1.165, 1.54) is 48.0 Å². The van der Waals surface area contributed by atoms with Crippen LogP contribution in [0, 0.1) is 23.2 Å². The van der Waals surface area contributed by atoms with E-state index in [0.717, 1.165) is 37.9 Å². The molecular formula is C31H38O3. The molecule has 180 valence electrons. The third kappa shape index (κ3) is 3.19. The van der Waals surface area contributed by atoms with Crippen LogP contribution in [0.15, 0.2) is 41.0 Å². The van der Waals surface area contributed by atoms with Crippen LogP contribution in [-0.4, -0.2) is 23.8 Å². The minimum absolute atomic E-state index is 0.0557. The summed E-state index contributed by atoms with van der Waals surface area (Å²) in [5.41, 5.74) is 8.26. The molecule has 1 aromatic carbocycles. The molecule has 0 aromatic heterocycles. The van der Waals surface area contributed by atoms with Crippen LogP contribution < -0.4 is 0 Å². The van der Waals surface area contributed by atoms with Crippen LogP contribution in [0.3, 0.4) is 0 Å². The lowest BCUT2D eigenvalue weighted by Crippen LogP contribution is -2.46. The van der Waals surface area contributed by atoms with Crippen molar-refractivity contribution in [3.63, 3.8) is 0 Å². The fourth-order valence-corrected chi connectivity index (χ4v) is 8.36. The Morgan fingerprint density at radius 2 is 1.91 bits per heavy atom. The van der Waals surface area contributed by atoms with Crippen LogP contribution >= 0.6 is 0 Å². The molecule has 0 amide bonds. The third-order valence-corrected chi connectivity index (χ3v) is 10.2. The average molecular weight is 459 g/mol. The number of benzene rings is 1. The van der Waals surface area contributed by atoms with E-state index in [1.807, 2.05) is 12.1 Å². The van der Waals surface area contributed by atoms with Crippen molar-refractivity contribution in [3.8, 4) is 0 Å². The smallest absolute Gasteiger partial charge is 0.159 e. The summed E-state index contributed by atoms with van der Waals surface area (Å²) in [7, 11) is 0. The largest absolute Gasteiger partial charge is 0.374 e.